The molecule has 1 atom stereocenters. The molecule has 1 aliphatic rings. The molecule has 1 saturated carbocycles. The molecule has 0 spiro atoms. The minimum Gasteiger partial charge on any atom is -0.349 e. The van der Waals surface area contributed by atoms with E-state index in [0.29, 0.717) is 12.1 Å². The van der Waals surface area contributed by atoms with E-state index < -0.39 is 0 Å². The fourth-order valence-corrected chi connectivity index (χ4v) is 2.93. The fraction of sp³-hybridized carbons (Fsp3) is 0.500. The molecule has 1 amide bonds. The van der Waals surface area contributed by atoms with Gasteiger partial charge in [0.2, 0.25) is 0 Å². The minimum atomic E-state index is 0.0106. The van der Waals surface area contributed by atoms with E-state index in [1.54, 1.807) is 0 Å². The third-order valence-electron chi connectivity index (χ3n) is 4.38. The molecule has 0 heterocycles. The van der Waals surface area contributed by atoms with Gasteiger partial charge in [-0.05, 0) is 48.9 Å². The number of hydrogen-bond donors (Lipinski definition) is 2. The first-order valence-electron chi connectivity index (χ1n) is 7.54. The average molecular weight is 284 g/mol. The van der Waals surface area contributed by atoms with Crippen molar-refractivity contribution in [2.75, 3.05) is 6.54 Å². The number of aryl methyl sites for hydroxylation is 1. The van der Waals surface area contributed by atoms with Crippen LogP contribution in [0.15, 0.2) is 18.2 Å². The molecule has 1 unspecified atom stereocenters. The molecule has 2 rings (SSSR count). The fourth-order valence-electron chi connectivity index (χ4n) is 2.93. The standard InChI is InChI=1S/C18H24N2O/c1-13-12-15(9-8-14(13)6-5-11-19)17(21)20-16-7-4-10-18(16,2)3/h8-9,12,16H,4,7,10-11,19H2,1-3H3,(H,20,21). The lowest BCUT2D eigenvalue weighted by Crippen LogP contribution is -2.41. The Hall–Kier alpha value is -1.79. The van der Waals surface area contributed by atoms with Crippen LogP contribution in [0.2, 0.25) is 0 Å². The molecule has 0 aliphatic heterocycles. The molecule has 1 aliphatic carbocycles. The third kappa shape index (κ3) is 3.65. The molecule has 0 aromatic heterocycles. The van der Waals surface area contributed by atoms with E-state index in [1.165, 1.54) is 12.8 Å². The zero-order chi connectivity index (χ0) is 15.5. The lowest BCUT2D eigenvalue weighted by molar-refractivity contribution is 0.0910. The van der Waals surface area contributed by atoms with Crippen LogP contribution in [0.4, 0.5) is 0 Å². The molecule has 1 aromatic rings. The van der Waals surface area contributed by atoms with E-state index >= 15 is 0 Å². The predicted molar refractivity (Wildman–Crippen MR) is 86.0 cm³/mol. The summed E-state index contributed by atoms with van der Waals surface area (Å²) in [5.74, 6) is 5.87. The van der Waals surface area contributed by atoms with Crippen molar-refractivity contribution in [2.45, 2.75) is 46.1 Å². The van der Waals surface area contributed by atoms with E-state index in [-0.39, 0.29) is 17.4 Å². The van der Waals surface area contributed by atoms with Gasteiger partial charge >= 0.3 is 0 Å². The van der Waals surface area contributed by atoms with Gasteiger partial charge in [-0.3, -0.25) is 4.79 Å². The van der Waals surface area contributed by atoms with E-state index in [0.717, 1.165) is 17.5 Å². The van der Waals surface area contributed by atoms with Gasteiger partial charge in [0.1, 0.15) is 0 Å². The zero-order valence-electron chi connectivity index (χ0n) is 13.1. The summed E-state index contributed by atoms with van der Waals surface area (Å²) >= 11 is 0. The number of rotatable bonds is 2. The van der Waals surface area contributed by atoms with Gasteiger partial charge in [0.15, 0.2) is 0 Å². The summed E-state index contributed by atoms with van der Waals surface area (Å²) in [6, 6.07) is 5.90. The Morgan fingerprint density at radius 3 is 2.81 bits per heavy atom. The first-order valence-corrected chi connectivity index (χ1v) is 7.54. The SMILES string of the molecule is Cc1cc(C(=O)NC2CCCC2(C)C)ccc1C#CCN. The number of hydrogen-bond acceptors (Lipinski definition) is 2. The summed E-state index contributed by atoms with van der Waals surface area (Å²) in [5.41, 5.74) is 8.22. The van der Waals surface area contributed by atoms with Crippen molar-refractivity contribution in [3.8, 4) is 11.8 Å². The lowest BCUT2D eigenvalue weighted by Gasteiger charge is -2.27. The maximum absolute atomic E-state index is 12.4. The maximum Gasteiger partial charge on any atom is 0.251 e. The predicted octanol–water partition coefficient (Wildman–Crippen LogP) is 2.61. The summed E-state index contributed by atoms with van der Waals surface area (Å²) in [4.78, 5) is 12.4. The van der Waals surface area contributed by atoms with Crippen molar-refractivity contribution >= 4 is 5.91 Å². The summed E-state index contributed by atoms with van der Waals surface area (Å²) in [6.45, 7) is 6.76. The quantitative estimate of drug-likeness (QED) is 0.820. The van der Waals surface area contributed by atoms with Gasteiger partial charge in [-0.25, -0.2) is 0 Å². The van der Waals surface area contributed by atoms with Crippen LogP contribution >= 0.6 is 0 Å². The van der Waals surface area contributed by atoms with Gasteiger partial charge in [0.25, 0.3) is 5.91 Å². The molecule has 0 radical (unpaired) electrons. The molecule has 3 heteroatoms. The van der Waals surface area contributed by atoms with E-state index in [9.17, 15) is 4.79 Å². The van der Waals surface area contributed by atoms with E-state index in [2.05, 4.69) is 31.0 Å². The van der Waals surface area contributed by atoms with E-state index in [4.69, 9.17) is 5.73 Å². The molecule has 3 nitrogen and oxygen atoms in total. The first kappa shape index (κ1) is 15.6. The van der Waals surface area contributed by atoms with E-state index in [1.807, 2.05) is 25.1 Å². The molecule has 0 bridgehead atoms. The van der Waals surface area contributed by atoms with Gasteiger partial charge in [0.05, 0.1) is 6.54 Å². The van der Waals surface area contributed by atoms with Crippen molar-refractivity contribution in [2.24, 2.45) is 11.1 Å². The summed E-state index contributed by atoms with van der Waals surface area (Å²) in [5, 5.41) is 3.18. The molecule has 112 valence electrons. The van der Waals surface area contributed by atoms with Gasteiger partial charge in [-0.15, -0.1) is 0 Å². The number of amides is 1. The smallest absolute Gasteiger partial charge is 0.251 e. The largest absolute Gasteiger partial charge is 0.349 e. The Balaban J connectivity index is 2.11. The number of benzene rings is 1. The molecule has 0 saturated heterocycles. The van der Waals surface area contributed by atoms with Crippen LogP contribution in [0.25, 0.3) is 0 Å². The van der Waals surface area contributed by atoms with Crippen molar-refractivity contribution in [1.82, 2.24) is 5.32 Å². The maximum atomic E-state index is 12.4. The Kier molecular flexibility index (Phi) is 4.69. The number of nitrogens with one attached hydrogen (secondary N) is 1. The summed E-state index contributed by atoms with van der Waals surface area (Å²) < 4.78 is 0. The van der Waals surface area contributed by atoms with Crippen LogP contribution < -0.4 is 11.1 Å². The van der Waals surface area contributed by atoms with Crippen LogP contribution in [0, 0.1) is 24.2 Å². The molecule has 3 N–H and O–H groups in total. The normalized spacial score (nSPS) is 19.7. The topological polar surface area (TPSA) is 55.1 Å². The molecular weight excluding hydrogens is 260 g/mol. The molecule has 1 aromatic carbocycles. The second-order valence-corrected chi connectivity index (χ2v) is 6.44. The summed E-state index contributed by atoms with van der Waals surface area (Å²) in [6.07, 6.45) is 3.42. The first-order chi connectivity index (χ1) is 9.94. The zero-order valence-corrected chi connectivity index (χ0v) is 13.1. The Bertz CT molecular complexity index is 593. The van der Waals surface area contributed by atoms with Crippen LogP contribution in [0.1, 0.15) is 54.6 Å². The van der Waals surface area contributed by atoms with Gasteiger partial charge < -0.3 is 11.1 Å². The molecule has 1 fully saturated rings. The summed E-state index contributed by atoms with van der Waals surface area (Å²) in [7, 11) is 0. The highest BCUT2D eigenvalue weighted by Gasteiger charge is 2.35. The van der Waals surface area contributed by atoms with Gasteiger partial charge in [0, 0.05) is 17.2 Å². The number of nitrogens with two attached hydrogens (primary N) is 1. The monoisotopic (exact) mass is 284 g/mol. The third-order valence-corrected chi connectivity index (χ3v) is 4.38. The van der Waals surface area contributed by atoms with Crippen molar-refractivity contribution in [3.63, 3.8) is 0 Å². The molecular formula is C18H24N2O. The highest BCUT2D eigenvalue weighted by atomic mass is 16.1. The molecule has 21 heavy (non-hydrogen) atoms. The second-order valence-electron chi connectivity index (χ2n) is 6.44. The van der Waals surface area contributed by atoms with Crippen LogP contribution in [-0.2, 0) is 0 Å². The van der Waals surface area contributed by atoms with Crippen molar-refractivity contribution in [1.29, 1.82) is 0 Å². The second kappa shape index (κ2) is 6.32. The highest BCUT2D eigenvalue weighted by molar-refractivity contribution is 5.94. The highest BCUT2D eigenvalue weighted by Crippen LogP contribution is 2.37. The Morgan fingerprint density at radius 1 is 1.48 bits per heavy atom. The van der Waals surface area contributed by atoms with Gasteiger partial charge in [-0.2, -0.15) is 0 Å². The Labute approximate surface area is 127 Å². The van der Waals surface area contributed by atoms with Gasteiger partial charge in [-0.1, -0.05) is 32.1 Å². The Morgan fingerprint density at radius 2 is 2.24 bits per heavy atom. The minimum absolute atomic E-state index is 0.0106. The van der Waals surface area contributed by atoms with Crippen LogP contribution in [0.3, 0.4) is 0 Å². The number of carbonyl (C=O) groups excluding carboxylic acids is 1. The van der Waals surface area contributed by atoms with Crippen molar-refractivity contribution < 1.29 is 4.79 Å². The number of carbonyl (C=O) groups is 1. The lowest BCUT2D eigenvalue weighted by atomic mass is 9.87. The van der Waals surface area contributed by atoms with Crippen LogP contribution in [-0.4, -0.2) is 18.5 Å². The average Bonchev–Trinajstić information content (AvgIpc) is 2.76. The van der Waals surface area contributed by atoms with Crippen LogP contribution in [0.5, 0.6) is 0 Å². The van der Waals surface area contributed by atoms with Crippen molar-refractivity contribution in [3.05, 3.63) is 34.9 Å².